The van der Waals surface area contributed by atoms with Gasteiger partial charge in [-0.1, -0.05) is 36.4 Å². The molecule has 212 valence electrons. The Morgan fingerprint density at radius 2 is 1.41 bits per heavy atom. The zero-order chi connectivity index (χ0) is 28.3. The number of halogens is 3. The number of fused-ring (bicyclic) bond motifs is 12. The van der Waals surface area contributed by atoms with E-state index in [2.05, 4.69) is 5.32 Å². The lowest BCUT2D eigenvalue weighted by Gasteiger charge is -2.39. The van der Waals surface area contributed by atoms with Gasteiger partial charge in [-0.25, -0.2) is 4.90 Å². The van der Waals surface area contributed by atoms with E-state index in [9.17, 15) is 22.8 Å². The molecule has 2 amide bonds. The predicted molar refractivity (Wildman–Crippen MR) is 146 cm³/mol. The number of benzene rings is 2. The van der Waals surface area contributed by atoms with E-state index in [4.69, 9.17) is 9.47 Å². The van der Waals surface area contributed by atoms with Gasteiger partial charge in [-0.2, -0.15) is 13.2 Å². The minimum atomic E-state index is -4.51. The first-order valence-corrected chi connectivity index (χ1v) is 13.6. The molecule has 1 saturated heterocycles. The summed E-state index contributed by atoms with van der Waals surface area (Å²) in [6.45, 7) is 0.656. The smallest absolute Gasteiger partial charge is 0.378 e. The van der Waals surface area contributed by atoms with Crippen LogP contribution in [0.1, 0.15) is 17.5 Å². The van der Waals surface area contributed by atoms with Crippen molar-refractivity contribution in [1.29, 1.82) is 0 Å². The van der Waals surface area contributed by atoms with Crippen molar-refractivity contribution in [1.82, 2.24) is 19.4 Å². The zero-order valence-corrected chi connectivity index (χ0v) is 22.0. The summed E-state index contributed by atoms with van der Waals surface area (Å²) in [7, 11) is 0. The number of para-hydroxylation sites is 2. The summed E-state index contributed by atoms with van der Waals surface area (Å²) in [5, 5.41) is 4.07. The Labute approximate surface area is 232 Å². The lowest BCUT2D eigenvalue weighted by molar-refractivity contribution is -0.288. The van der Waals surface area contributed by atoms with Gasteiger partial charge in [-0.3, -0.25) is 14.9 Å². The van der Waals surface area contributed by atoms with E-state index < -0.39 is 30.3 Å². The first-order valence-electron chi connectivity index (χ1n) is 13.6. The molecule has 5 heterocycles. The minimum absolute atomic E-state index is 0.0359. The van der Waals surface area contributed by atoms with Crippen LogP contribution in [0.4, 0.5) is 13.2 Å². The molecule has 0 aliphatic carbocycles. The normalized spacial score (nSPS) is 20.4. The number of carbonyl (C=O) groups is 2. The summed E-state index contributed by atoms with van der Waals surface area (Å²) >= 11 is 0. The van der Waals surface area contributed by atoms with E-state index in [1.165, 1.54) is 0 Å². The summed E-state index contributed by atoms with van der Waals surface area (Å²) in [4.78, 5) is 27.0. The maximum atomic E-state index is 14.0. The molecule has 1 N–H and O–H groups in total. The third kappa shape index (κ3) is 4.44. The van der Waals surface area contributed by atoms with Gasteiger partial charge in [0, 0.05) is 65.0 Å². The molecular formula is C30H27F3N4O4. The molecule has 0 unspecified atom stereocenters. The summed E-state index contributed by atoms with van der Waals surface area (Å²) in [6, 6.07) is 14.4. The van der Waals surface area contributed by atoms with Crippen LogP contribution < -0.4 is 5.32 Å². The minimum Gasteiger partial charge on any atom is -0.378 e. The average Bonchev–Trinajstić information content (AvgIpc) is 3.55. The van der Waals surface area contributed by atoms with Crippen molar-refractivity contribution in [2.75, 3.05) is 26.4 Å². The second-order valence-electron chi connectivity index (χ2n) is 10.6. The van der Waals surface area contributed by atoms with Gasteiger partial charge in [0.15, 0.2) is 0 Å². The Morgan fingerprint density at radius 1 is 0.854 bits per heavy atom. The number of ether oxygens (including phenoxy) is 2. The molecule has 3 aliphatic heterocycles. The van der Waals surface area contributed by atoms with E-state index in [1.54, 1.807) is 0 Å². The molecule has 11 heteroatoms. The fraction of sp³-hybridized carbons (Fsp3) is 0.333. The van der Waals surface area contributed by atoms with Crippen LogP contribution in [0, 0.1) is 0 Å². The molecule has 1 atom stereocenters. The topological polar surface area (TPSA) is 77.7 Å². The number of nitrogens with one attached hydrogen (secondary N) is 1. The van der Waals surface area contributed by atoms with Gasteiger partial charge >= 0.3 is 6.30 Å². The molecule has 4 bridgehead atoms. The number of carbonyl (C=O) groups excluding carboxylic acids is 2. The van der Waals surface area contributed by atoms with Crippen LogP contribution in [0.2, 0.25) is 0 Å². The van der Waals surface area contributed by atoms with Crippen molar-refractivity contribution >= 4 is 44.8 Å². The largest absolute Gasteiger partial charge is 0.460 e. The number of alkyl halides is 3. The number of imide groups is 1. The van der Waals surface area contributed by atoms with Crippen LogP contribution in [0.15, 0.2) is 60.9 Å². The molecular weight excluding hydrogens is 537 g/mol. The Morgan fingerprint density at radius 3 is 1.95 bits per heavy atom. The van der Waals surface area contributed by atoms with E-state index in [1.807, 2.05) is 70.1 Å². The maximum Gasteiger partial charge on any atom is 0.460 e. The molecule has 0 radical (unpaired) electrons. The quantitative estimate of drug-likeness (QED) is 0.299. The highest BCUT2D eigenvalue weighted by Crippen LogP contribution is 2.39. The lowest BCUT2D eigenvalue weighted by atomic mass is 9.95. The monoisotopic (exact) mass is 564 g/mol. The van der Waals surface area contributed by atoms with Crippen molar-refractivity contribution in [3.05, 3.63) is 72.1 Å². The second kappa shape index (κ2) is 9.86. The van der Waals surface area contributed by atoms with Crippen LogP contribution in [0.3, 0.4) is 0 Å². The Kier molecular flexibility index (Phi) is 6.25. The van der Waals surface area contributed by atoms with Gasteiger partial charge in [0.25, 0.3) is 11.8 Å². The molecule has 2 aromatic carbocycles. The van der Waals surface area contributed by atoms with E-state index in [-0.39, 0.29) is 26.4 Å². The van der Waals surface area contributed by atoms with Gasteiger partial charge < -0.3 is 18.6 Å². The predicted octanol–water partition coefficient (Wildman–Crippen LogP) is 4.17. The van der Waals surface area contributed by atoms with Gasteiger partial charge in [0.05, 0.1) is 43.1 Å². The molecule has 41 heavy (non-hydrogen) atoms. The fourth-order valence-corrected chi connectivity index (χ4v) is 6.14. The van der Waals surface area contributed by atoms with Gasteiger partial charge in [0.2, 0.25) is 0 Å². The number of hydrogen-bond acceptors (Lipinski definition) is 5. The Hall–Kier alpha value is -3.93. The van der Waals surface area contributed by atoms with Crippen LogP contribution in [0.25, 0.3) is 33.0 Å². The van der Waals surface area contributed by atoms with Crippen molar-refractivity contribution in [3.8, 4) is 0 Å². The Balaban J connectivity index is 1.38. The van der Waals surface area contributed by atoms with Crippen LogP contribution in [-0.2, 0) is 32.2 Å². The van der Waals surface area contributed by atoms with Crippen molar-refractivity contribution in [2.24, 2.45) is 0 Å². The fourth-order valence-electron chi connectivity index (χ4n) is 6.14. The van der Waals surface area contributed by atoms with Crippen molar-refractivity contribution < 1.29 is 32.2 Å². The van der Waals surface area contributed by atoms with Crippen molar-refractivity contribution in [2.45, 2.75) is 38.0 Å². The highest BCUT2D eigenvalue weighted by atomic mass is 19.4. The average molecular weight is 565 g/mol. The molecule has 1 fully saturated rings. The molecule has 3 aliphatic rings. The summed E-state index contributed by atoms with van der Waals surface area (Å²) in [5.74, 6) is -0.929. The molecule has 2 aromatic heterocycles. The molecule has 8 nitrogen and oxygen atoms in total. The number of hydrogen-bond donors (Lipinski definition) is 1. The first kappa shape index (κ1) is 26.0. The SMILES string of the molecule is O=C1NC(=O)C2=C1c1cn(c3ccccc13)CCO[C@H](CN(C1COC1)C(F)(F)F)CCn1cc2c2ccccc21. The molecule has 0 spiro atoms. The zero-order valence-electron chi connectivity index (χ0n) is 22.0. The van der Waals surface area contributed by atoms with Crippen LogP contribution in [0.5, 0.6) is 0 Å². The summed E-state index contributed by atoms with van der Waals surface area (Å²) < 4.78 is 57.2. The van der Waals surface area contributed by atoms with E-state index >= 15 is 0 Å². The number of aryl methyl sites for hydroxylation is 1. The van der Waals surface area contributed by atoms with Gasteiger partial charge in [-0.05, 0) is 18.6 Å². The number of amides is 2. The van der Waals surface area contributed by atoms with Gasteiger partial charge in [-0.15, -0.1) is 0 Å². The van der Waals surface area contributed by atoms with E-state index in [0.29, 0.717) is 46.7 Å². The Bertz CT molecular complexity index is 1720. The van der Waals surface area contributed by atoms with Crippen LogP contribution >= 0.6 is 0 Å². The highest BCUT2D eigenvalue weighted by molar-refractivity contribution is 6.50. The summed E-state index contributed by atoms with van der Waals surface area (Å²) in [6.07, 6.45) is -1.26. The first-order chi connectivity index (χ1) is 19.8. The lowest BCUT2D eigenvalue weighted by Crippen LogP contribution is -2.57. The summed E-state index contributed by atoms with van der Waals surface area (Å²) in [5.41, 5.74) is 3.49. The number of nitrogens with zero attached hydrogens (tertiary/aromatic N) is 3. The maximum absolute atomic E-state index is 14.0. The van der Waals surface area contributed by atoms with E-state index in [0.717, 1.165) is 21.8 Å². The number of rotatable bonds is 3. The molecule has 0 saturated carbocycles. The van der Waals surface area contributed by atoms with Crippen LogP contribution in [-0.4, -0.2) is 70.7 Å². The molecule has 4 aromatic rings. The third-order valence-electron chi connectivity index (χ3n) is 8.21. The van der Waals surface area contributed by atoms with Crippen molar-refractivity contribution in [3.63, 3.8) is 0 Å². The highest BCUT2D eigenvalue weighted by Gasteiger charge is 2.45. The van der Waals surface area contributed by atoms with Gasteiger partial charge in [0.1, 0.15) is 0 Å². The number of aromatic nitrogens is 2. The second-order valence-corrected chi connectivity index (χ2v) is 10.6. The standard InChI is InChI=1S/C30H27F3N4O4/c31-30(32,33)37(18-16-40-17-18)13-19-9-10-35-14-22(20-5-1-3-7-24(20)35)26-27(29(39)34-28(26)38)23-15-36(11-12-41-19)25-8-4-2-6-21(23)25/h1-8,14-15,18-19H,9-13,16-17H2,(H,34,38,39)/t19-/m0/s1. The third-order valence-corrected chi connectivity index (χ3v) is 8.21. The molecule has 7 rings (SSSR count).